The molecule has 29 heavy (non-hydrogen) atoms. The Hall–Kier alpha value is -4.37. The molecule has 3 aromatic rings. The second kappa shape index (κ2) is 9.53. The molecule has 0 unspecified atom stereocenters. The molecule has 0 aromatic heterocycles. The number of amides is 3. The molecule has 0 saturated carbocycles. The molecule has 0 aliphatic carbocycles. The van der Waals surface area contributed by atoms with E-state index in [1.54, 1.807) is 66.7 Å². The number of rotatable bonds is 5. The van der Waals surface area contributed by atoms with E-state index in [1.165, 1.54) is 6.08 Å². The van der Waals surface area contributed by atoms with Crippen LogP contribution in [0.1, 0.15) is 11.1 Å². The van der Waals surface area contributed by atoms with Crippen molar-refractivity contribution in [2.45, 2.75) is 0 Å². The summed E-state index contributed by atoms with van der Waals surface area (Å²) in [5.74, 6) is -0.319. The van der Waals surface area contributed by atoms with Crippen molar-refractivity contribution in [1.29, 1.82) is 5.26 Å². The number of urea groups is 1. The quantitative estimate of drug-likeness (QED) is 0.550. The first kappa shape index (κ1) is 19.4. The number of carbonyl (C=O) groups excluding carboxylic acids is 2. The lowest BCUT2D eigenvalue weighted by molar-refractivity contribution is -0.111. The summed E-state index contributed by atoms with van der Waals surface area (Å²) in [6, 6.07) is 24.6. The molecule has 0 bridgehead atoms. The molecule has 0 aliphatic rings. The molecule has 0 fully saturated rings. The third kappa shape index (κ3) is 5.81. The molecule has 0 aliphatic heterocycles. The summed E-state index contributed by atoms with van der Waals surface area (Å²) in [6.45, 7) is 0. The molecule has 3 rings (SSSR count). The number of nitrogens with one attached hydrogen (secondary N) is 3. The van der Waals surface area contributed by atoms with Gasteiger partial charge in [-0.25, -0.2) is 4.79 Å². The van der Waals surface area contributed by atoms with Gasteiger partial charge >= 0.3 is 6.03 Å². The lowest BCUT2D eigenvalue weighted by Crippen LogP contribution is -2.19. The monoisotopic (exact) mass is 382 g/mol. The highest BCUT2D eigenvalue weighted by molar-refractivity contribution is 6.02. The number of nitriles is 1. The SMILES string of the molecule is N#Cc1ccccc1/C=C/C(=O)Nc1ccc(NC(=O)Nc2ccccc2)cc1. The number of hydrogen-bond donors (Lipinski definition) is 3. The maximum atomic E-state index is 12.1. The van der Waals surface area contributed by atoms with Gasteiger partial charge in [0.1, 0.15) is 0 Å². The maximum Gasteiger partial charge on any atom is 0.323 e. The van der Waals surface area contributed by atoms with Crippen molar-refractivity contribution in [2.75, 3.05) is 16.0 Å². The molecule has 0 heterocycles. The predicted molar refractivity (Wildman–Crippen MR) is 114 cm³/mol. The third-order valence-electron chi connectivity index (χ3n) is 3.94. The highest BCUT2D eigenvalue weighted by Crippen LogP contribution is 2.15. The first-order chi connectivity index (χ1) is 14.1. The van der Waals surface area contributed by atoms with Crippen LogP contribution in [0.5, 0.6) is 0 Å². The Kier molecular flexibility index (Phi) is 6.37. The minimum atomic E-state index is -0.355. The summed E-state index contributed by atoms with van der Waals surface area (Å²) in [7, 11) is 0. The van der Waals surface area contributed by atoms with E-state index in [4.69, 9.17) is 5.26 Å². The molecule has 142 valence electrons. The summed E-state index contributed by atoms with van der Waals surface area (Å²) in [4.78, 5) is 24.1. The molecule has 0 radical (unpaired) electrons. The molecule has 0 saturated heterocycles. The van der Waals surface area contributed by atoms with Crippen molar-refractivity contribution in [1.82, 2.24) is 0 Å². The topological polar surface area (TPSA) is 94.0 Å². The number of hydrogen-bond acceptors (Lipinski definition) is 3. The summed E-state index contributed by atoms with van der Waals surface area (Å²) in [5.41, 5.74) is 3.05. The van der Waals surface area contributed by atoms with Gasteiger partial charge in [-0.15, -0.1) is 0 Å². The number of anilines is 3. The number of para-hydroxylation sites is 1. The van der Waals surface area contributed by atoms with Gasteiger partial charge in [0.2, 0.25) is 5.91 Å². The van der Waals surface area contributed by atoms with Crippen LogP contribution in [-0.4, -0.2) is 11.9 Å². The Labute approximate surface area is 168 Å². The van der Waals surface area contributed by atoms with E-state index in [0.29, 0.717) is 28.2 Å². The Morgan fingerprint density at radius 2 is 1.28 bits per heavy atom. The minimum absolute atomic E-state index is 0.319. The zero-order valence-electron chi connectivity index (χ0n) is 15.4. The molecular formula is C23H18N4O2. The third-order valence-corrected chi connectivity index (χ3v) is 3.94. The lowest BCUT2D eigenvalue weighted by Gasteiger charge is -2.08. The molecule has 3 aromatic carbocycles. The van der Waals surface area contributed by atoms with Crippen molar-refractivity contribution in [3.63, 3.8) is 0 Å². The van der Waals surface area contributed by atoms with Crippen LogP contribution in [0.3, 0.4) is 0 Å². The zero-order chi connectivity index (χ0) is 20.5. The van der Waals surface area contributed by atoms with E-state index in [0.717, 1.165) is 0 Å². The molecule has 0 spiro atoms. The fraction of sp³-hybridized carbons (Fsp3) is 0. The molecule has 3 N–H and O–H groups in total. The van der Waals surface area contributed by atoms with E-state index in [1.807, 2.05) is 18.2 Å². The van der Waals surface area contributed by atoms with E-state index in [-0.39, 0.29) is 11.9 Å². The lowest BCUT2D eigenvalue weighted by atomic mass is 10.1. The van der Waals surface area contributed by atoms with Crippen LogP contribution < -0.4 is 16.0 Å². The highest BCUT2D eigenvalue weighted by atomic mass is 16.2. The van der Waals surface area contributed by atoms with Crippen molar-refractivity contribution >= 4 is 35.1 Å². The first-order valence-corrected chi connectivity index (χ1v) is 8.85. The summed E-state index contributed by atoms with van der Waals surface area (Å²) in [5, 5.41) is 17.3. The average molecular weight is 382 g/mol. The van der Waals surface area contributed by atoms with Gasteiger partial charge in [-0.3, -0.25) is 4.79 Å². The summed E-state index contributed by atoms with van der Waals surface area (Å²) in [6.07, 6.45) is 2.97. The standard InChI is InChI=1S/C23H18N4O2/c24-16-18-7-5-4-6-17(18)10-15-22(28)25-20-11-13-21(14-12-20)27-23(29)26-19-8-2-1-3-9-19/h1-15H,(H,25,28)(H2,26,27,29)/b15-10+. The van der Waals surface area contributed by atoms with Crippen LogP contribution in [0.2, 0.25) is 0 Å². The summed E-state index contributed by atoms with van der Waals surface area (Å²) < 4.78 is 0. The van der Waals surface area contributed by atoms with E-state index >= 15 is 0 Å². The van der Waals surface area contributed by atoms with Crippen molar-refractivity contribution in [3.8, 4) is 6.07 Å². The maximum absolute atomic E-state index is 12.1. The minimum Gasteiger partial charge on any atom is -0.323 e. The second-order valence-electron chi connectivity index (χ2n) is 6.04. The smallest absolute Gasteiger partial charge is 0.323 e. The largest absolute Gasteiger partial charge is 0.323 e. The van der Waals surface area contributed by atoms with Gasteiger partial charge in [0.05, 0.1) is 11.6 Å². The number of nitrogens with zero attached hydrogens (tertiary/aromatic N) is 1. The van der Waals surface area contributed by atoms with Gasteiger partial charge in [0, 0.05) is 23.1 Å². The molecular weight excluding hydrogens is 364 g/mol. The van der Waals surface area contributed by atoms with Gasteiger partial charge in [0.25, 0.3) is 0 Å². The van der Waals surface area contributed by atoms with E-state index in [2.05, 4.69) is 22.0 Å². The van der Waals surface area contributed by atoms with Gasteiger partial charge in [-0.05, 0) is 54.1 Å². The fourth-order valence-electron chi connectivity index (χ4n) is 2.55. The van der Waals surface area contributed by atoms with Crippen LogP contribution in [0.25, 0.3) is 6.08 Å². The Morgan fingerprint density at radius 3 is 1.93 bits per heavy atom. The van der Waals surface area contributed by atoms with Gasteiger partial charge in [0.15, 0.2) is 0 Å². The van der Waals surface area contributed by atoms with Crippen LogP contribution in [0, 0.1) is 11.3 Å². The Morgan fingerprint density at radius 1 is 0.724 bits per heavy atom. The van der Waals surface area contributed by atoms with E-state index < -0.39 is 0 Å². The Bertz CT molecular complexity index is 1070. The average Bonchev–Trinajstić information content (AvgIpc) is 2.74. The normalized spacial score (nSPS) is 10.2. The van der Waals surface area contributed by atoms with Crippen molar-refractivity contribution < 1.29 is 9.59 Å². The predicted octanol–water partition coefficient (Wildman–Crippen LogP) is 4.85. The number of carbonyl (C=O) groups is 2. The second-order valence-corrected chi connectivity index (χ2v) is 6.04. The van der Waals surface area contributed by atoms with Crippen molar-refractivity contribution in [2.24, 2.45) is 0 Å². The van der Waals surface area contributed by atoms with Gasteiger partial charge in [-0.2, -0.15) is 5.26 Å². The first-order valence-electron chi connectivity index (χ1n) is 8.85. The molecule has 6 nitrogen and oxygen atoms in total. The van der Waals surface area contributed by atoms with Gasteiger partial charge in [-0.1, -0.05) is 36.4 Å². The molecule has 0 atom stereocenters. The van der Waals surface area contributed by atoms with Gasteiger partial charge < -0.3 is 16.0 Å². The molecule has 3 amide bonds. The highest BCUT2D eigenvalue weighted by Gasteiger charge is 2.04. The molecule has 6 heteroatoms. The van der Waals surface area contributed by atoms with Crippen molar-refractivity contribution in [3.05, 3.63) is 96.1 Å². The zero-order valence-corrected chi connectivity index (χ0v) is 15.4. The Balaban J connectivity index is 1.54. The van der Waals surface area contributed by atoms with E-state index in [9.17, 15) is 9.59 Å². The fourth-order valence-corrected chi connectivity index (χ4v) is 2.55. The van der Waals surface area contributed by atoms with Crippen LogP contribution >= 0.6 is 0 Å². The van der Waals surface area contributed by atoms with Crippen LogP contribution in [0.15, 0.2) is 84.9 Å². The van der Waals surface area contributed by atoms with Crippen LogP contribution in [0.4, 0.5) is 21.9 Å². The number of benzene rings is 3. The van der Waals surface area contributed by atoms with Crippen LogP contribution in [-0.2, 0) is 4.79 Å². The summed E-state index contributed by atoms with van der Waals surface area (Å²) >= 11 is 0.